The number of aromatic nitrogens is 1. The van der Waals surface area contributed by atoms with Crippen LogP contribution < -0.4 is 0 Å². The molecule has 0 radical (unpaired) electrons. The number of hydrogen-bond acceptors (Lipinski definition) is 2. The molecule has 1 aliphatic rings. The minimum absolute atomic E-state index is 0.520. The Morgan fingerprint density at radius 1 is 1.29 bits per heavy atom. The summed E-state index contributed by atoms with van der Waals surface area (Å²) in [6.07, 6.45) is 5.22. The molecule has 3 unspecified atom stereocenters. The highest BCUT2D eigenvalue weighted by Gasteiger charge is 2.39. The highest BCUT2D eigenvalue weighted by atomic mass is 15.2. The zero-order valence-electron chi connectivity index (χ0n) is 11.6. The van der Waals surface area contributed by atoms with Crippen LogP contribution in [0.25, 0.3) is 0 Å². The Bertz CT molecular complexity index is 386. The van der Waals surface area contributed by atoms with Gasteiger partial charge in [-0.15, -0.1) is 0 Å². The van der Waals surface area contributed by atoms with E-state index in [-0.39, 0.29) is 0 Å². The summed E-state index contributed by atoms with van der Waals surface area (Å²) in [7, 11) is 0. The first-order chi connectivity index (χ1) is 8.07. The minimum Gasteiger partial charge on any atom is -0.287 e. The summed E-state index contributed by atoms with van der Waals surface area (Å²) in [6.45, 7) is 11.6. The normalized spacial score (nSPS) is 26.2. The third kappa shape index (κ3) is 1.99. The van der Waals surface area contributed by atoms with Gasteiger partial charge in [0, 0.05) is 30.5 Å². The first-order valence-corrected chi connectivity index (χ1v) is 6.79. The summed E-state index contributed by atoms with van der Waals surface area (Å²) in [4.78, 5) is 6.96. The highest BCUT2D eigenvalue weighted by Crippen LogP contribution is 2.46. The predicted molar refractivity (Wildman–Crippen MR) is 71.8 cm³/mol. The molecule has 17 heavy (non-hydrogen) atoms. The predicted octanol–water partition coefficient (Wildman–Crippen LogP) is 3.95. The largest absolute Gasteiger partial charge is 0.287 e. The molecule has 0 bridgehead atoms. The molecule has 1 aromatic heterocycles. The van der Waals surface area contributed by atoms with Gasteiger partial charge in [-0.25, -0.2) is 0 Å². The lowest BCUT2D eigenvalue weighted by atomic mass is 9.93. The Hall–Kier alpha value is -0.890. The number of nitrogens with zero attached hydrogens (tertiary/aromatic N) is 2. The lowest BCUT2D eigenvalue weighted by Crippen LogP contribution is -2.34. The smallest absolute Gasteiger partial charge is 0.0400 e. The maximum absolute atomic E-state index is 4.32. The number of hydrogen-bond donors (Lipinski definition) is 0. The molecule has 0 N–H and O–H groups in total. The van der Waals surface area contributed by atoms with Crippen molar-refractivity contribution >= 4 is 0 Å². The van der Waals surface area contributed by atoms with Gasteiger partial charge in [-0.05, 0) is 43.9 Å². The molecular weight excluding hydrogens is 208 g/mol. The van der Waals surface area contributed by atoms with Crippen molar-refractivity contribution in [1.29, 1.82) is 0 Å². The van der Waals surface area contributed by atoms with Crippen molar-refractivity contribution < 1.29 is 0 Å². The Kier molecular flexibility index (Phi) is 3.53. The average Bonchev–Trinajstić information content (AvgIpc) is 2.62. The van der Waals surface area contributed by atoms with Gasteiger partial charge in [0.05, 0.1) is 0 Å². The van der Waals surface area contributed by atoms with Gasteiger partial charge in [0.1, 0.15) is 0 Å². The van der Waals surface area contributed by atoms with Crippen LogP contribution >= 0.6 is 0 Å². The molecule has 3 atom stereocenters. The SMILES string of the molecule is CCC(C)C1c2cnccc2C(C)N1C(C)C. The topological polar surface area (TPSA) is 16.1 Å². The van der Waals surface area contributed by atoms with Crippen molar-refractivity contribution in [3.05, 3.63) is 29.6 Å². The van der Waals surface area contributed by atoms with E-state index in [9.17, 15) is 0 Å². The number of fused-ring (bicyclic) bond motifs is 1. The zero-order valence-corrected chi connectivity index (χ0v) is 11.6. The van der Waals surface area contributed by atoms with Crippen molar-refractivity contribution in [2.24, 2.45) is 5.92 Å². The van der Waals surface area contributed by atoms with Gasteiger partial charge in [-0.3, -0.25) is 9.88 Å². The van der Waals surface area contributed by atoms with Crippen LogP contribution in [0.1, 0.15) is 64.3 Å². The molecule has 1 aromatic rings. The van der Waals surface area contributed by atoms with Crippen LogP contribution in [-0.4, -0.2) is 15.9 Å². The van der Waals surface area contributed by atoms with Crippen molar-refractivity contribution in [3.63, 3.8) is 0 Å². The monoisotopic (exact) mass is 232 g/mol. The van der Waals surface area contributed by atoms with Gasteiger partial charge in [0.25, 0.3) is 0 Å². The fourth-order valence-electron chi connectivity index (χ4n) is 3.20. The lowest BCUT2D eigenvalue weighted by Gasteiger charge is -2.35. The van der Waals surface area contributed by atoms with Crippen molar-refractivity contribution in [1.82, 2.24) is 9.88 Å². The van der Waals surface area contributed by atoms with E-state index in [1.54, 1.807) is 0 Å². The van der Waals surface area contributed by atoms with Crippen molar-refractivity contribution in [2.45, 2.75) is 59.2 Å². The molecule has 94 valence electrons. The van der Waals surface area contributed by atoms with E-state index in [4.69, 9.17) is 0 Å². The summed E-state index contributed by atoms with van der Waals surface area (Å²) in [5.74, 6) is 0.685. The molecule has 0 amide bonds. The van der Waals surface area contributed by atoms with E-state index >= 15 is 0 Å². The molecule has 0 fully saturated rings. The van der Waals surface area contributed by atoms with E-state index in [2.05, 4.69) is 56.8 Å². The summed E-state index contributed by atoms with van der Waals surface area (Å²) in [6, 6.07) is 3.83. The van der Waals surface area contributed by atoms with Crippen LogP contribution in [0.3, 0.4) is 0 Å². The highest BCUT2D eigenvalue weighted by molar-refractivity contribution is 5.35. The Balaban J connectivity index is 2.45. The van der Waals surface area contributed by atoms with E-state index < -0.39 is 0 Å². The molecule has 0 spiro atoms. The van der Waals surface area contributed by atoms with Crippen LogP contribution in [0, 0.1) is 5.92 Å². The molecule has 2 heterocycles. The maximum atomic E-state index is 4.32. The number of rotatable bonds is 3. The van der Waals surface area contributed by atoms with E-state index in [1.807, 2.05) is 6.20 Å². The van der Waals surface area contributed by atoms with Gasteiger partial charge in [0.15, 0.2) is 0 Å². The third-order valence-electron chi connectivity index (χ3n) is 4.20. The second-order valence-corrected chi connectivity index (χ2v) is 5.55. The van der Waals surface area contributed by atoms with Gasteiger partial charge in [0.2, 0.25) is 0 Å². The van der Waals surface area contributed by atoms with E-state index in [0.717, 1.165) is 0 Å². The van der Waals surface area contributed by atoms with E-state index in [0.29, 0.717) is 24.0 Å². The quantitative estimate of drug-likeness (QED) is 0.784. The maximum Gasteiger partial charge on any atom is 0.0400 e. The second-order valence-electron chi connectivity index (χ2n) is 5.55. The summed E-state index contributed by atoms with van der Waals surface area (Å²) < 4.78 is 0. The molecular formula is C15H24N2. The Morgan fingerprint density at radius 2 is 2.00 bits per heavy atom. The average molecular weight is 232 g/mol. The van der Waals surface area contributed by atoms with Crippen LogP contribution in [0.15, 0.2) is 18.5 Å². The first kappa shape index (κ1) is 12.6. The molecule has 2 nitrogen and oxygen atoms in total. The summed E-state index contributed by atoms with van der Waals surface area (Å²) >= 11 is 0. The van der Waals surface area contributed by atoms with E-state index in [1.165, 1.54) is 17.5 Å². The fourth-order valence-corrected chi connectivity index (χ4v) is 3.20. The molecule has 2 rings (SSSR count). The standard InChI is InChI=1S/C15H24N2/c1-6-11(4)15-14-9-16-8-7-13(14)12(5)17(15)10(2)3/h7-12,15H,6H2,1-5H3. The molecule has 0 aliphatic carbocycles. The molecule has 0 saturated carbocycles. The summed E-state index contributed by atoms with van der Waals surface area (Å²) in [5.41, 5.74) is 2.92. The van der Waals surface area contributed by atoms with Crippen LogP contribution in [0.4, 0.5) is 0 Å². The third-order valence-corrected chi connectivity index (χ3v) is 4.20. The van der Waals surface area contributed by atoms with Gasteiger partial charge in [-0.1, -0.05) is 20.3 Å². The molecule has 0 saturated heterocycles. The Morgan fingerprint density at radius 3 is 2.59 bits per heavy atom. The van der Waals surface area contributed by atoms with Gasteiger partial charge >= 0.3 is 0 Å². The fraction of sp³-hybridized carbons (Fsp3) is 0.667. The van der Waals surface area contributed by atoms with Gasteiger partial charge in [-0.2, -0.15) is 0 Å². The van der Waals surface area contributed by atoms with Crippen LogP contribution in [0.2, 0.25) is 0 Å². The van der Waals surface area contributed by atoms with Crippen molar-refractivity contribution in [2.75, 3.05) is 0 Å². The number of pyridine rings is 1. The minimum atomic E-state index is 0.520. The van der Waals surface area contributed by atoms with Crippen LogP contribution in [-0.2, 0) is 0 Å². The van der Waals surface area contributed by atoms with Gasteiger partial charge < -0.3 is 0 Å². The lowest BCUT2D eigenvalue weighted by molar-refractivity contribution is 0.0917. The van der Waals surface area contributed by atoms with Crippen molar-refractivity contribution in [3.8, 4) is 0 Å². The summed E-state index contributed by atoms with van der Waals surface area (Å²) in [5, 5.41) is 0. The zero-order chi connectivity index (χ0) is 12.6. The molecule has 1 aliphatic heterocycles. The Labute approximate surface area is 105 Å². The second kappa shape index (κ2) is 4.77. The molecule has 0 aromatic carbocycles. The molecule has 2 heteroatoms. The van der Waals surface area contributed by atoms with Crippen LogP contribution in [0.5, 0.6) is 0 Å². The first-order valence-electron chi connectivity index (χ1n) is 6.79.